The Bertz CT molecular complexity index is 655. The number of rotatable bonds is 7. The van der Waals surface area contributed by atoms with E-state index in [2.05, 4.69) is 0 Å². The van der Waals surface area contributed by atoms with E-state index in [1.807, 2.05) is 19.1 Å². The summed E-state index contributed by atoms with van der Waals surface area (Å²) in [5.41, 5.74) is 1.05. The predicted octanol–water partition coefficient (Wildman–Crippen LogP) is 2.30. The second kappa shape index (κ2) is 8.51. The Kier molecular flexibility index (Phi) is 6.39. The van der Waals surface area contributed by atoms with Crippen molar-refractivity contribution in [1.82, 2.24) is 0 Å². The Labute approximate surface area is 141 Å². The van der Waals surface area contributed by atoms with Crippen molar-refractivity contribution >= 4 is 18.9 Å². The van der Waals surface area contributed by atoms with Crippen LogP contribution in [-0.4, -0.2) is 30.5 Å². The maximum Gasteiger partial charge on any atom is 0.526 e. The minimum Gasteiger partial charge on any atom is -0.535 e. The number of nitrogens with zero attached hydrogens (tertiary/aromatic N) is 1. The first-order chi connectivity index (χ1) is 11.6. The molecule has 0 aromatic heterocycles. The number of benzene rings is 1. The number of fused-ring (bicyclic) bond motifs is 1. The first-order valence-corrected chi connectivity index (χ1v) is 8.09. The molecule has 1 heterocycles. The minimum absolute atomic E-state index is 0.0776. The highest BCUT2D eigenvalue weighted by Crippen LogP contribution is 2.36. The summed E-state index contributed by atoms with van der Waals surface area (Å²) in [4.78, 5) is 23.9. The molecule has 0 unspecified atom stereocenters. The van der Waals surface area contributed by atoms with Gasteiger partial charge >= 0.3 is 13.1 Å². The van der Waals surface area contributed by atoms with Crippen LogP contribution < -0.4 is 4.65 Å². The second-order valence-corrected chi connectivity index (χ2v) is 5.80. The Morgan fingerprint density at radius 3 is 3.00 bits per heavy atom. The van der Waals surface area contributed by atoms with Crippen molar-refractivity contribution < 1.29 is 24.0 Å². The summed E-state index contributed by atoms with van der Waals surface area (Å²) in [6, 6.07) is 7.08. The van der Waals surface area contributed by atoms with Crippen LogP contribution in [0.3, 0.4) is 0 Å². The first kappa shape index (κ1) is 18.0. The first-order valence-electron chi connectivity index (χ1n) is 8.09. The zero-order valence-electron chi connectivity index (χ0n) is 13.7. The highest BCUT2D eigenvalue weighted by molar-refractivity contribution is 6.47. The third-order valence-corrected chi connectivity index (χ3v) is 3.88. The minimum atomic E-state index is -1.16. The van der Waals surface area contributed by atoms with Crippen molar-refractivity contribution in [3.05, 3.63) is 29.3 Å². The number of nitriles is 1. The number of esters is 1. The van der Waals surface area contributed by atoms with E-state index in [9.17, 15) is 14.6 Å². The summed E-state index contributed by atoms with van der Waals surface area (Å²) in [6.07, 6.45) is 1.65. The summed E-state index contributed by atoms with van der Waals surface area (Å²) in [7, 11) is -1.16. The monoisotopic (exact) mass is 329 g/mol. The van der Waals surface area contributed by atoms with Gasteiger partial charge in [-0.15, -0.1) is 0 Å². The maximum atomic E-state index is 12.1. The van der Waals surface area contributed by atoms with Gasteiger partial charge in [-0.1, -0.05) is 19.1 Å². The number of para-hydroxylation sites is 1. The fraction of sp³-hybridized carbons (Fsp3) is 0.471. The molecule has 1 N–H and O–H groups in total. The molecule has 0 fully saturated rings. The number of carbonyl (C=O) groups excluding carboxylic acids is 2. The van der Waals surface area contributed by atoms with Crippen LogP contribution in [0.1, 0.15) is 48.5 Å². The molecule has 0 amide bonds. The summed E-state index contributed by atoms with van der Waals surface area (Å²) in [5.74, 6) is -0.618. The molecule has 0 saturated heterocycles. The highest BCUT2D eigenvalue weighted by atomic mass is 16.5. The van der Waals surface area contributed by atoms with Crippen LogP contribution in [0.25, 0.3) is 0 Å². The Morgan fingerprint density at radius 1 is 1.50 bits per heavy atom. The summed E-state index contributed by atoms with van der Waals surface area (Å²) < 4.78 is 10.6. The molecule has 126 valence electrons. The third kappa shape index (κ3) is 4.36. The van der Waals surface area contributed by atoms with Crippen molar-refractivity contribution in [1.29, 1.82) is 5.26 Å². The normalized spacial score (nSPS) is 15.9. The largest absolute Gasteiger partial charge is 0.535 e. The van der Waals surface area contributed by atoms with Crippen LogP contribution in [0.2, 0.25) is 5.82 Å². The number of ether oxygens (including phenoxy) is 1. The van der Waals surface area contributed by atoms with Crippen molar-refractivity contribution in [2.75, 3.05) is 6.61 Å². The molecule has 1 atom stereocenters. The average Bonchev–Trinajstić information content (AvgIpc) is 2.58. The molecule has 0 radical (unpaired) electrons. The van der Waals surface area contributed by atoms with Gasteiger partial charge in [0, 0.05) is 25.1 Å². The molecule has 0 aliphatic carbocycles. The molecule has 24 heavy (non-hydrogen) atoms. The van der Waals surface area contributed by atoms with Crippen molar-refractivity contribution in [2.45, 2.75) is 44.8 Å². The van der Waals surface area contributed by atoms with Gasteiger partial charge in [-0.05, 0) is 24.5 Å². The molecule has 1 aliphatic rings. The zero-order chi connectivity index (χ0) is 17.5. The standard InChI is InChI=1S/C17H20BNO5/c1-2-9-23-17(21)15-7-3-5-12-10-13(18(22)24-16(12)15)11-14(20)6-4-8-19/h3,5,7,13,22H,2,4,6,9-11H2,1H3/t13-/m1/s1. The van der Waals surface area contributed by atoms with Crippen LogP contribution in [0.5, 0.6) is 5.75 Å². The van der Waals surface area contributed by atoms with Gasteiger partial charge in [-0.2, -0.15) is 5.26 Å². The molecule has 0 bridgehead atoms. The number of hydrogen-bond donors (Lipinski definition) is 1. The number of carbonyl (C=O) groups is 2. The molecule has 2 rings (SSSR count). The van der Waals surface area contributed by atoms with Gasteiger partial charge in [-0.3, -0.25) is 4.79 Å². The topological polar surface area (TPSA) is 96.6 Å². The van der Waals surface area contributed by atoms with Gasteiger partial charge < -0.3 is 14.4 Å². The van der Waals surface area contributed by atoms with Gasteiger partial charge in [0.1, 0.15) is 17.1 Å². The summed E-state index contributed by atoms with van der Waals surface area (Å²) in [5, 5.41) is 18.7. The van der Waals surface area contributed by atoms with E-state index >= 15 is 0 Å². The van der Waals surface area contributed by atoms with Crippen molar-refractivity contribution in [2.24, 2.45) is 0 Å². The van der Waals surface area contributed by atoms with Gasteiger partial charge in [0.2, 0.25) is 0 Å². The van der Waals surface area contributed by atoms with E-state index in [0.29, 0.717) is 18.8 Å². The van der Waals surface area contributed by atoms with E-state index in [1.165, 1.54) is 0 Å². The molecule has 0 saturated carbocycles. The quantitative estimate of drug-likeness (QED) is 0.609. The van der Waals surface area contributed by atoms with Crippen LogP contribution in [-0.2, 0) is 16.0 Å². The lowest BCUT2D eigenvalue weighted by Gasteiger charge is -2.28. The molecule has 6 nitrogen and oxygen atoms in total. The van der Waals surface area contributed by atoms with E-state index in [0.717, 1.165) is 12.0 Å². The van der Waals surface area contributed by atoms with E-state index in [4.69, 9.17) is 14.7 Å². The Balaban J connectivity index is 2.12. The number of hydrogen-bond acceptors (Lipinski definition) is 6. The summed E-state index contributed by atoms with van der Waals surface area (Å²) >= 11 is 0. The number of Topliss-reactive ketones (excluding diaryl/α,β-unsaturated/α-hetero) is 1. The van der Waals surface area contributed by atoms with Gasteiger partial charge in [0.15, 0.2) is 0 Å². The van der Waals surface area contributed by atoms with Gasteiger partial charge in [0.05, 0.1) is 12.7 Å². The van der Waals surface area contributed by atoms with Crippen molar-refractivity contribution in [3.63, 3.8) is 0 Å². The average molecular weight is 329 g/mol. The van der Waals surface area contributed by atoms with Crippen LogP contribution in [0.15, 0.2) is 18.2 Å². The molecule has 1 aromatic rings. The fourth-order valence-corrected chi connectivity index (χ4v) is 2.68. The lowest BCUT2D eigenvalue weighted by atomic mass is 9.64. The third-order valence-electron chi connectivity index (χ3n) is 3.88. The van der Waals surface area contributed by atoms with E-state index in [1.54, 1.807) is 12.1 Å². The smallest absolute Gasteiger partial charge is 0.526 e. The molecule has 7 heteroatoms. The Hall–Kier alpha value is -2.33. The van der Waals surface area contributed by atoms with E-state index in [-0.39, 0.29) is 36.4 Å². The maximum absolute atomic E-state index is 12.1. The fourth-order valence-electron chi connectivity index (χ4n) is 2.68. The van der Waals surface area contributed by atoms with Gasteiger partial charge in [-0.25, -0.2) is 4.79 Å². The zero-order valence-corrected chi connectivity index (χ0v) is 13.7. The van der Waals surface area contributed by atoms with Crippen molar-refractivity contribution in [3.8, 4) is 11.8 Å². The van der Waals surface area contributed by atoms with Crippen LogP contribution in [0.4, 0.5) is 0 Å². The molecule has 0 spiro atoms. The Morgan fingerprint density at radius 2 is 2.29 bits per heavy atom. The van der Waals surface area contributed by atoms with Gasteiger partial charge in [0.25, 0.3) is 0 Å². The molecular weight excluding hydrogens is 309 g/mol. The molecule has 1 aromatic carbocycles. The van der Waals surface area contributed by atoms with Crippen LogP contribution >= 0.6 is 0 Å². The SMILES string of the molecule is CCCOC(=O)c1cccc2c1OB(O)[C@@H](CC(=O)CCC#N)C2. The predicted molar refractivity (Wildman–Crippen MR) is 87.5 cm³/mol. The number of ketones is 1. The van der Waals surface area contributed by atoms with E-state index < -0.39 is 13.1 Å². The van der Waals surface area contributed by atoms with Crippen LogP contribution in [0, 0.1) is 11.3 Å². The lowest BCUT2D eigenvalue weighted by Crippen LogP contribution is -2.35. The summed E-state index contributed by atoms with van der Waals surface area (Å²) in [6.45, 7) is 2.23. The highest BCUT2D eigenvalue weighted by Gasteiger charge is 2.37. The molecule has 1 aliphatic heterocycles. The lowest BCUT2D eigenvalue weighted by molar-refractivity contribution is -0.119. The second-order valence-electron chi connectivity index (χ2n) is 5.80. The molecular formula is C17H20BNO5.